The molecule has 1 aromatic heterocycles. The summed E-state index contributed by atoms with van der Waals surface area (Å²) in [7, 11) is 0. The normalized spacial score (nSPS) is 12.1. The van der Waals surface area contributed by atoms with Crippen LogP contribution >= 0.6 is 0 Å². The summed E-state index contributed by atoms with van der Waals surface area (Å²) in [6.45, 7) is 4.10. The summed E-state index contributed by atoms with van der Waals surface area (Å²) in [5.74, 6) is 0.898. The van der Waals surface area contributed by atoms with Crippen molar-refractivity contribution in [2.24, 2.45) is 0 Å². The van der Waals surface area contributed by atoms with E-state index in [0.29, 0.717) is 0 Å². The molecule has 2 heteroatoms. The first-order chi connectivity index (χ1) is 7.75. The van der Waals surface area contributed by atoms with Crippen LogP contribution in [0.2, 0.25) is 0 Å². The molecule has 0 spiro atoms. The molecule has 82 valence electrons. The van der Waals surface area contributed by atoms with E-state index in [2.05, 4.69) is 24.0 Å². The molecular formula is C14H15NO. The van der Waals surface area contributed by atoms with Gasteiger partial charge in [-0.2, -0.15) is 0 Å². The van der Waals surface area contributed by atoms with E-state index in [1.165, 1.54) is 5.56 Å². The van der Waals surface area contributed by atoms with Gasteiger partial charge in [0, 0.05) is 12.4 Å². The summed E-state index contributed by atoms with van der Waals surface area (Å²) in [6.07, 6.45) is 3.61. The molecule has 0 saturated carbocycles. The van der Waals surface area contributed by atoms with E-state index >= 15 is 0 Å². The first-order valence-corrected chi connectivity index (χ1v) is 5.39. The average Bonchev–Trinajstić information content (AvgIpc) is 2.33. The maximum absolute atomic E-state index is 5.83. The fraction of sp³-hybridized carbons (Fsp3) is 0.214. The summed E-state index contributed by atoms with van der Waals surface area (Å²) < 4.78 is 5.83. The molecule has 0 N–H and O–H groups in total. The second kappa shape index (κ2) is 4.79. The SMILES string of the molecule is Cc1ccc(OC(C)c2ccncc2)cc1. The first kappa shape index (κ1) is 10.7. The number of hydrogen-bond acceptors (Lipinski definition) is 2. The fourth-order valence-electron chi connectivity index (χ4n) is 1.52. The highest BCUT2D eigenvalue weighted by molar-refractivity contribution is 5.27. The van der Waals surface area contributed by atoms with Gasteiger partial charge in [-0.05, 0) is 43.7 Å². The summed E-state index contributed by atoms with van der Waals surface area (Å²) in [6, 6.07) is 12.0. The van der Waals surface area contributed by atoms with Gasteiger partial charge in [0.1, 0.15) is 11.9 Å². The highest BCUT2D eigenvalue weighted by Gasteiger charge is 2.05. The second-order valence-corrected chi connectivity index (χ2v) is 3.85. The monoisotopic (exact) mass is 213 g/mol. The quantitative estimate of drug-likeness (QED) is 0.778. The maximum Gasteiger partial charge on any atom is 0.121 e. The van der Waals surface area contributed by atoms with Crippen LogP contribution in [0.25, 0.3) is 0 Å². The van der Waals surface area contributed by atoms with E-state index in [1.807, 2.05) is 31.2 Å². The molecule has 1 atom stereocenters. The van der Waals surface area contributed by atoms with Gasteiger partial charge in [0.05, 0.1) is 0 Å². The highest BCUT2D eigenvalue weighted by Crippen LogP contribution is 2.21. The van der Waals surface area contributed by atoms with Crippen LogP contribution in [0.3, 0.4) is 0 Å². The van der Waals surface area contributed by atoms with E-state index in [0.717, 1.165) is 11.3 Å². The molecule has 1 unspecified atom stereocenters. The Balaban J connectivity index is 2.08. The van der Waals surface area contributed by atoms with Crippen LogP contribution in [-0.2, 0) is 0 Å². The van der Waals surface area contributed by atoms with Gasteiger partial charge in [-0.3, -0.25) is 4.98 Å². The fourth-order valence-corrected chi connectivity index (χ4v) is 1.52. The zero-order valence-electron chi connectivity index (χ0n) is 9.55. The largest absolute Gasteiger partial charge is 0.486 e. The van der Waals surface area contributed by atoms with Crippen molar-refractivity contribution < 1.29 is 4.74 Å². The van der Waals surface area contributed by atoms with Crippen molar-refractivity contribution in [3.05, 3.63) is 59.9 Å². The Labute approximate surface area is 95.9 Å². The molecule has 1 heterocycles. The topological polar surface area (TPSA) is 22.1 Å². The van der Waals surface area contributed by atoms with Crippen LogP contribution < -0.4 is 4.74 Å². The summed E-state index contributed by atoms with van der Waals surface area (Å²) in [5.41, 5.74) is 2.37. The minimum Gasteiger partial charge on any atom is -0.486 e. The molecular weight excluding hydrogens is 198 g/mol. The van der Waals surface area contributed by atoms with Crippen molar-refractivity contribution in [2.75, 3.05) is 0 Å². The average molecular weight is 213 g/mol. The van der Waals surface area contributed by atoms with Crippen LogP contribution in [0.15, 0.2) is 48.8 Å². The Morgan fingerprint density at radius 1 is 1.00 bits per heavy atom. The highest BCUT2D eigenvalue weighted by atomic mass is 16.5. The van der Waals surface area contributed by atoms with Crippen molar-refractivity contribution in [3.8, 4) is 5.75 Å². The third kappa shape index (κ3) is 2.60. The smallest absolute Gasteiger partial charge is 0.121 e. The zero-order chi connectivity index (χ0) is 11.4. The van der Waals surface area contributed by atoms with Crippen molar-refractivity contribution >= 4 is 0 Å². The number of hydrogen-bond donors (Lipinski definition) is 0. The Bertz CT molecular complexity index is 436. The van der Waals surface area contributed by atoms with E-state index < -0.39 is 0 Å². The Morgan fingerprint density at radius 2 is 1.62 bits per heavy atom. The Kier molecular flexibility index (Phi) is 3.20. The number of nitrogens with zero attached hydrogens (tertiary/aromatic N) is 1. The number of rotatable bonds is 3. The molecule has 0 saturated heterocycles. The van der Waals surface area contributed by atoms with E-state index in [-0.39, 0.29) is 6.10 Å². The van der Waals surface area contributed by atoms with Gasteiger partial charge in [-0.15, -0.1) is 0 Å². The maximum atomic E-state index is 5.83. The molecule has 0 bridgehead atoms. The second-order valence-electron chi connectivity index (χ2n) is 3.85. The molecule has 0 aliphatic carbocycles. The van der Waals surface area contributed by atoms with E-state index in [1.54, 1.807) is 12.4 Å². The van der Waals surface area contributed by atoms with E-state index in [9.17, 15) is 0 Å². The van der Waals surface area contributed by atoms with Gasteiger partial charge < -0.3 is 4.74 Å². The number of benzene rings is 1. The molecule has 2 aromatic rings. The standard InChI is InChI=1S/C14H15NO/c1-11-3-5-14(6-4-11)16-12(2)13-7-9-15-10-8-13/h3-10,12H,1-2H3. The van der Waals surface area contributed by atoms with Gasteiger partial charge in [-0.25, -0.2) is 0 Å². The van der Waals surface area contributed by atoms with Crippen molar-refractivity contribution in [1.29, 1.82) is 0 Å². The number of aromatic nitrogens is 1. The predicted octanol–water partition coefficient (Wildman–Crippen LogP) is 3.53. The van der Waals surface area contributed by atoms with Crippen molar-refractivity contribution in [2.45, 2.75) is 20.0 Å². The van der Waals surface area contributed by atoms with Gasteiger partial charge in [-0.1, -0.05) is 17.7 Å². The lowest BCUT2D eigenvalue weighted by atomic mass is 10.2. The molecule has 0 aliphatic rings. The summed E-state index contributed by atoms with van der Waals surface area (Å²) in [5, 5.41) is 0. The first-order valence-electron chi connectivity index (χ1n) is 5.39. The lowest BCUT2D eigenvalue weighted by Crippen LogP contribution is -2.02. The van der Waals surface area contributed by atoms with Gasteiger partial charge >= 0.3 is 0 Å². The lowest BCUT2D eigenvalue weighted by molar-refractivity contribution is 0.227. The third-order valence-electron chi connectivity index (χ3n) is 2.51. The minimum atomic E-state index is 0.0470. The van der Waals surface area contributed by atoms with Crippen LogP contribution in [0.4, 0.5) is 0 Å². The van der Waals surface area contributed by atoms with Crippen LogP contribution in [0, 0.1) is 6.92 Å². The van der Waals surface area contributed by atoms with Crippen LogP contribution in [-0.4, -0.2) is 4.98 Å². The zero-order valence-corrected chi connectivity index (χ0v) is 9.55. The number of pyridine rings is 1. The van der Waals surface area contributed by atoms with Gasteiger partial charge in [0.2, 0.25) is 0 Å². The molecule has 16 heavy (non-hydrogen) atoms. The molecule has 0 aliphatic heterocycles. The van der Waals surface area contributed by atoms with Crippen molar-refractivity contribution in [1.82, 2.24) is 4.98 Å². The summed E-state index contributed by atoms with van der Waals surface area (Å²) >= 11 is 0. The van der Waals surface area contributed by atoms with Gasteiger partial charge in [0.25, 0.3) is 0 Å². The lowest BCUT2D eigenvalue weighted by Gasteiger charge is -2.14. The molecule has 2 nitrogen and oxygen atoms in total. The number of aryl methyl sites for hydroxylation is 1. The third-order valence-corrected chi connectivity index (χ3v) is 2.51. The molecule has 0 fully saturated rings. The van der Waals surface area contributed by atoms with Crippen LogP contribution in [0.5, 0.6) is 5.75 Å². The van der Waals surface area contributed by atoms with E-state index in [4.69, 9.17) is 4.74 Å². The van der Waals surface area contributed by atoms with Crippen molar-refractivity contribution in [3.63, 3.8) is 0 Å². The molecule has 0 radical (unpaired) electrons. The predicted molar refractivity (Wildman–Crippen MR) is 64.5 cm³/mol. The molecule has 0 amide bonds. The molecule has 1 aromatic carbocycles. The van der Waals surface area contributed by atoms with Gasteiger partial charge in [0.15, 0.2) is 0 Å². The summed E-state index contributed by atoms with van der Waals surface area (Å²) in [4.78, 5) is 3.99. The number of ether oxygens (including phenoxy) is 1. The molecule has 2 rings (SSSR count). The van der Waals surface area contributed by atoms with Crippen LogP contribution in [0.1, 0.15) is 24.2 Å². The minimum absolute atomic E-state index is 0.0470. The Hall–Kier alpha value is -1.83. The Morgan fingerprint density at radius 3 is 2.25 bits per heavy atom.